The van der Waals surface area contributed by atoms with Gasteiger partial charge >= 0.3 is 0 Å². The van der Waals surface area contributed by atoms with Crippen molar-refractivity contribution in [3.8, 4) is 0 Å². The molecule has 0 heterocycles. The lowest BCUT2D eigenvalue weighted by Gasteiger charge is -2.45. The normalized spacial score (nSPS) is 19.1. The zero-order chi connectivity index (χ0) is 21.0. The highest BCUT2D eigenvalue weighted by Gasteiger charge is 2.48. The first-order valence-electron chi connectivity index (χ1n) is 10.8. The van der Waals surface area contributed by atoms with Crippen molar-refractivity contribution in [1.29, 1.82) is 0 Å². The van der Waals surface area contributed by atoms with E-state index in [1.165, 1.54) is 27.8 Å². The van der Waals surface area contributed by atoms with Gasteiger partial charge in [0, 0.05) is 27.8 Å². The Morgan fingerprint density at radius 1 is 0.516 bits per heavy atom. The van der Waals surface area contributed by atoms with Crippen LogP contribution < -0.4 is 10.6 Å². The van der Waals surface area contributed by atoms with Gasteiger partial charge in [0.15, 0.2) is 7.14 Å². The van der Waals surface area contributed by atoms with Crippen LogP contribution in [-0.4, -0.2) is 0 Å². The summed E-state index contributed by atoms with van der Waals surface area (Å²) in [7, 11) is -3.03. The van der Waals surface area contributed by atoms with Crippen LogP contribution in [0.4, 0.5) is 0 Å². The van der Waals surface area contributed by atoms with Crippen LogP contribution in [-0.2, 0) is 4.57 Å². The monoisotopic (exact) mass is 418 g/mol. The SMILES string of the molecule is CC1=C(P(=O)(c2ccccc2)c2ccccc2)C2c3ccccc3C1c1ccccc12. The van der Waals surface area contributed by atoms with Crippen LogP contribution in [0.25, 0.3) is 0 Å². The highest BCUT2D eigenvalue weighted by atomic mass is 31.2. The molecule has 2 bridgehead atoms. The van der Waals surface area contributed by atoms with E-state index >= 15 is 4.57 Å². The Bertz CT molecular complexity index is 1280. The van der Waals surface area contributed by atoms with Gasteiger partial charge in [0.25, 0.3) is 0 Å². The average molecular weight is 418 g/mol. The number of rotatable bonds is 3. The minimum atomic E-state index is -3.03. The second-order valence-corrected chi connectivity index (χ2v) is 11.2. The molecule has 0 unspecified atom stereocenters. The minimum Gasteiger partial charge on any atom is -0.309 e. The van der Waals surface area contributed by atoms with Crippen LogP contribution in [0.15, 0.2) is 120 Å². The van der Waals surface area contributed by atoms with Crippen LogP contribution in [0.2, 0.25) is 0 Å². The predicted octanol–water partition coefficient (Wildman–Crippen LogP) is 6.57. The molecule has 4 aromatic carbocycles. The quantitative estimate of drug-likeness (QED) is 0.344. The molecule has 0 N–H and O–H groups in total. The summed E-state index contributed by atoms with van der Waals surface area (Å²) in [6.07, 6.45) is 0. The van der Waals surface area contributed by atoms with E-state index < -0.39 is 7.14 Å². The zero-order valence-corrected chi connectivity index (χ0v) is 18.3. The highest BCUT2D eigenvalue weighted by molar-refractivity contribution is 7.82. The molecule has 0 aliphatic heterocycles. The summed E-state index contributed by atoms with van der Waals surface area (Å²) in [6, 6.07) is 37.6. The molecule has 0 amide bonds. The van der Waals surface area contributed by atoms with Crippen molar-refractivity contribution in [1.82, 2.24) is 0 Å². The second-order valence-electron chi connectivity index (χ2n) is 8.47. The lowest BCUT2D eigenvalue weighted by atomic mass is 9.65. The van der Waals surface area contributed by atoms with Gasteiger partial charge in [-0.1, -0.05) is 115 Å². The maximum Gasteiger partial charge on any atom is 0.168 e. The summed E-state index contributed by atoms with van der Waals surface area (Å²) in [5.74, 6) is 0.178. The van der Waals surface area contributed by atoms with Gasteiger partial charge in [-0.2, -0.15) is 0 Å². The first-order valence-corrected chi connectivity index (χ1v) is 12.5. The average Bonchev–Trinajstić information content (AvgIpc) is 2.84. The van der Waals surface area contributed by atoms with Crippen molar-refractivity contribution >= 4 is 17.8 Å². The van der Waals surface area contributed by atoms with E-state index in [4.69, 9.17) is 0 Å². The molecule has 3 aliphatic carbocycles. The molecule has 0 atom stereocenters. The molecule has 7 rings (SSSR count). The minimum absolute atomic E-state index is 0.0173. The summed E-state index contributed by atoms with van der Waals surface area (Å²) in [6.45, 7) is 2.21. The summed E-state index contributed by atoms with van der Waals surface area (Å²) in [5, 5.41) is 2.93. The molecule has 0 aromatic heterocycles. The standard InChI is InChI=1S/C29H23OP/c1-20-27-23-16-8-10-18-25(23)28(26-19-11-9-17-24(26)27)29(20)31(30,21-12-4-2-5-13-21)22-14-6-3-7-15-22/h2-19,27-28H,1H3. The van der Waals surface area contributed by atoms with Crippen LogP contribution >= 0.6 is 7.14 Å². The van der Waals surface area contributed by atoms with Gasteiger partial charge in [0.2, 0.25) is 0 Å². The number of hydrogen-bond donors (Lipinski definition) is 0. The van der Waals surface area contributed by atoms with E-state index in [1.54, 1.807) is 0 Å². The predicted molar refractivity (Wildman–Crippen MR) is 129 cm³/mol. The molecule has 0 saturated carbocycles. The van der Waals surface area contributed by atoms with E-state index in [1.807, 2.05) is 60.7 Å². The number of benzene rings is 4. The Hall–Kier alpha value is -3.15. The Balaban J connectivity index is 1.71. The summed E-state index contributed by atoms with van der Waals surface area (Å²) >= 11 is 0. The third-order valence-electron chi connectivity index (χ3n) is 6.93. The summed E-state index contributed by atoms with van der Waals surface area (Å²) in [4.78, 5) is 0. The van der Waals surface area contributed by atoms with Crippen LogP contribution in [0.3, 0.4) is 0 Å². The number of hydrogen-bond acceptors (Lipinski definition) is 1. The molecule has 0 saturated heterocycles. The Kier molecular flexibility index (Phi) is 4.16. The zero-order valence-electron chi connectivity index (χ0n) is 17.4. The largest absolute Gasteiger partial charge is 0.309 e. The topological polar surface area (TPSA) is 17.1 Å². The molecular weight excluding hydrogens is 395 g/mol. The van der Waals surface area contributed by atoms with E-state index in [0.29, 0.717) is 0 Å². The van der Waals surface area contributed by atoms with Crippen LogP contribution in [0, 0.1) is 0 Å². The van der Waals surface area contributed by atoms with Crippen molar-refractivity contribution < 1.29 is 4.57 Å². The Morgan fingerprint density at radius 2 is 0.871 bits per heavy atom. The molecule has 150 valence electrons. The van der Waals surface area contributed by atoms with Crippen molar-refractivity contribution in [2.24, 2.45) is 0 Å². The van der Waals surface area contributed by atoms with E-state index in [9.17, 15) is 0 Å². The van der Waals surface area contributed by atoms with Gasteiger partial charge in [-0.15, -0.1) is 0 Å². The molecule has 1 nitrogen and oxygen atoms in total. The molecule has 3 aliphatic rings. The lowest BCUT2D eigenvalue weighted by molar-refractivity contribution is 0.586. The first-order chi connectivity index (χ1) is 15.2. The van der Waals surface area contributed by atoms with E-state index in [2.05, 4.69) is 55.5 Å². The summed E-state index contributed by atoms with van der Waals surface area (Å²) in [5.41, 5.74) is 6.58. The van der Waals surface area contributed by atoms with Crippen LogP contribution in [0.5, 0.6) is 0 Å². The molecule has 4 aromatic rings. The van der Waals surface area contributed by atoms with Crippen molar-refractivity contribution in [3.05, 3.63) is 142 Å². The van der Waals surface area contributed by atoms with Gasteiger partial charge in [-0.3, -0.25) is 0 Å². The van der Waals surface area contributed by atoms with Crippen molar-refractivity contribution in [2.75, 3.05) is 0 Å². The Morgan fingerprint density at radius 3 is 1.29 bits per heavy atom. The fourth-order valence-corrected chi connectivity index (χ4v) is 8.98. The molecule has 31 heavy (non-hydrogen) atoms. The van der Waals surface area contributed by atoms with Crippen LogP contribution in [0.1, 0.15) is 41.0 Å². The highest BCUT2D eigenvalue weighted by Crippen LogP contribution is 2.67. The van der Waals surface area contributed by atoms with Gasteiger partial charge in [-0.05, 0) is 29.2 Å². The van der Waals surface area contributed by atoms with Gasteiger partial charge < -0.3 is 4.57 Å². The fourth-order valence-electron chi connectivity index (χ4n) is 5.68. The van der Waals surface area contributed by atoms with Crippen molar-refractivity contribution in [3.63, 3.8) is 0 Å². The van der Waals surface area contributed by atoms with Gasteiger partial charge in [-0.25, -0.2) is 0 Å². The third-order valence-corrected chi connectivity index (χ3v) is 10.3. The van der Waals surface area contributed by atoms with Gasteiger partial charge in [0.05, 0.1) is 0 Å². The Labute approximate surface area is 183 Å². The molecule has 0 radical (unpaired) electrons. The molecular formula is C29H23OP. The smallest absolute Gasteiger partial charge is 0.168 e. The molecule has 0 spiro atoms. The molecule has 2 heteroatoms. The van der Waals surface area contributed by atoms with Crippen molar-refractivity contribution in [2.45, 2.75) is 18.8 Å². The van der Waals surface area contributed by atoms with E-state index in [-0.39, 0.29) is 11.8 Å². The van der Waals surface area contributed by atoms with Gasteiger partial charge in [0.1, 0.15) is 0 Å². The number of allylic oxidation sites excluding steroid dienone is 2. The van der Waals surface area contributed by atoms with E-state index in [0.717, 1.165) is 15.9 Å². The fraction of sp³-hybridized carbons (Fsp3) is 0.103. The second kappa shape index (κ2) is 6.94. The summed E-state index contributed by atoms with van der Waals surface area (Å²) < 4.78 is 15.3. The third kappa shape index (κ3) is 2.54. The maximum atomic E-state index is 15.3. The lowest BCUT2D eigenvalue weighted by Crippen LogP contribution is -2.31. The molecule has 0 fully saturated rings. The maximum absolute atomic E-state index is 15.3. The first kappa shape index (κ1) is 18.6.